The molecule has 2 unspecified atom stereocenters. The largest absolute Gasteiger partial charge is 0.463 e. The molecule has 0 N–H and O–H groups in total. The summed E-state index contributed by atoms with van der Waals surface area (Å²) in [5.41, 5.74) is 0.178. The molecular formula is C26H42O3. The van der Waals surface area contributed by atoms with Crippen LogP contribution in [0.3, 0.4) is 0 Å². The maximum Gasteiger partial charge on any atom is 0.302 e. The van der Waals surface area contributed by atoms with E-state index in [0.29, 0.717) is 35.4 Å². The average Bonchev–Trinajstić information content (AvgIpc) is 3.02. The van der Waals surface area contributed by atoms with Gasteiger partial charge in [0.25, 0.3) is 0 Å². The molecule has 0 aromatic heterocycles. The minimum Gasteiger partial charge on any atom is -0.463 e. The summed E-state index contributed by atoms with van der Waals surface area (Å²) in [6, 6.07) is 0. The van der Waals surface area contributed by atoms with Crippen molar-refractivity contribution in [3.63, 3.8) is 0 Å². The Labute approximate surface area is 177 Å². The number of ether oxygens (including phenoxy) is 1. The highest BCUT2D eigenvalue weighted by Gasteiger charge is 2.64. The van der Waals surface area contributed by atoms with Crippen LogP contribution >= 0.6 is 0 Å². The van der Waals surface area contributed by atoms with Crippen molar-refractivity contribution >= 4 is 11.8 Å². The molecular weight excluding hydrogens is 360 g/mol. The summed E-state index contributed by atoms with van der Waals surface area (Å²) in [6.07, 6.45) is 11.5. The van der Waals surface area contributed by atoms with E-state index in [9.17, 15) is 9.59 Å². The Morgan fingerprint density at radius 3 is 2.59 bits per heavy atom. The fraction of sp³-hybridized carbons (Fsp3) is 0.923. The molecule has 0 aliphatic heterocycles. The zero-order valence-electron chi connectivity index (χ0n) is 19.3. The van der Waals surface area contributed by atoms with Crippen LogP contribution in [0.4, 0.5) is 0 Å². The van der Waals surface area contributed by atoms with E-state index in [4.69, 9.17) is 4.74 Å². The second-order valence-electron chi connectivity index (χ2n) is 11.5. The summed E-state index contributed by atoms with van der Waals surface area (Å²) in [7, 11) is 0. The van der Waals surface area contributed by atoms with Gasteiger partial charge in [0, 0.05) is 18.8 Å². The predicted molar refractivity (Wildman–Crippen MR) is 115 cm³/mol. The van der Waals surface area contributed by atoms with Gasteiger partial charge in [-0.3, -0.25) is 9.59 Å². The normalized spacial score (nSPS) is 47.7. The summed E-state index contributed by atoms with van der Waals surface area (Å²) in [5, 5.41) is 0. The number of carbonyl (C=O) groups is 2. The van der Waals surface area contributed by atoms with Crippen molar-refractivity contribution < 1.29 is 14.3 Å². The van der Waals surface area contributed by atoms with E-state index in [0.717, 1.165) is 31.6 Å². The number of Topliss-reactive ketones (excluding diaryl/α,β-unsaturated/α-hetero) is 1. The van der Waals surface area contributed by atoms with E-state index in [2.05, 4.69) is 27.7 Å². The number of rotatable bonds is 4. The second-order valence-corrected chi connectivity index (χ2v) is 11.5. The van der Waals surface area contributed by atoms with Crippen LogP contribution < -0.4 is 0 Å². The molecule has 29 heavy (non-hydrogen) atoms. The summed E-state index contributed by atoms with van der Waals surface area (Å²) < 4.78 is 5.59. The Morgan fingerprint density at radius 2 is 1.90 bits per heavy atom. The molecule has 164 valence electrons. The third kappa shape index (κ3) is 3.30. The van der Waals surface area contributed by atoms with Gasteiger partial charge in [0.15, 0.2) is 0 Å². The average molecular weight is 403 g/mol. The lowest BCUT2D eigenvalue weighted by atomic mass is 9.44. The maximum absolute atomic E-state index is 13.7. The molecule has 4 saturated carbocycles. The van der Waals surface area contributed by atoms with Crippen LogP contribution in [-0.2, 0) is 14.3 Å². The van der Waals surface area contributed by atoms with Crippen molar-refractivity contribution in [1.82, 2.24) is 0 Å². The number of fused-ring (bicyclic) bond motifs is 5. The molecule has 3 nitrogen and oxygen atoms in total. The zero-order valence-corrected chi connectivity index (χ0v) is 19.3. The number of ketones is 1. The standard InChI is InChI=1S/C26H42O3/c1-6-7-16(2)21-10-11-22-20-9-8-18-14-19(29-17(3)27)12-13-25(18,4)23(20)15-24(28)26(21,22)5/h16,18-23H,6-15H2,1-5H3/t16-,18-,19-,20+,21?,22+,23?,25+,26-/m1/s1. The van der Waals surface area contributed by atoms with Crippen LogP contribution in [-0.4, -0.2) is 17.9 Å². The van der Waals surface area contributed by atoms with Gasteiger partial charge >= 0.3 is 5.97 Å². The first kappa shape index (κ1) is 21.4. The van der Waals surface area contributed by atoms with Crippen molar-refractivity contribution in [1.29, 1.82) is 0 Å². The van der Waals surface area contributed by atoms with E-state index in [1.807, 2.05) is 0 Å². The van der Waals surface area contributed by atoms with Gasteiger partial charge in [-0.15, -0.1) is 0 Å². The molecule has 9 atom stereocenters. The molecule has 4 fully saturated rings. The summed E-state index contributed by atoms with van der Waals surface area (Å²) in [4.78, 5) is 25.2. The smallest absolute Gasteiger partial charge is 0.302 e. The van der Waals surface area contributed by atoms with E-state index in [-0.39, 0.29) is 22.9 Å². The molecule has 3 heteroatoms. The number of esters is 1. The van der Waals surface area contributed by atoms with Crippen molar-refractivity contribution in [2.24, 2.45) is 46.3 Å². The maximum atomic E-state index is 13.7. The van der Waals surface area contributed by atoms with E-state index < -0.39 is 0 Å². The lowest BCUT2D eigenvalue weighted by Crippen LogP contribution is -2.57. The minimum absolute atomic E-state index is 0.0755. The summed E-state index contributed by atoms with van der Waals surface area (Å²) in [6.45, 7) is 11.0. The van der Waals surface area contributed by atoms with E-state index in [1.165, 1.54) is 45.4 Å². The van der Waals surface area contributed by atoms with Crippen molar-refractivity contribution in [2.75, 3.05) is 0 Å². The first-order chi connectivity index (χ1) is 13.7. The molecule has 0 aromatic rings. The van der Waals surface area contributed by atoms with Crippen LogP contribution in [0.25, 0.3) is 0 Å². The minimum atomic E-state index is -0.144. The Kier molecular flexibility index (Phi) is 5.66. The molecule has 0 radical (unpaired) electrons. The number of carbonyl (C=O) groups excluding carboxylic acids is 2. The van der Waals surface area contributed by atoms with E-state index in [1.54, 1.807) is 0 Å². The molecule has 4 rings (SSSR count). The van der Waals surface area contributed by atoms with Crippen LogP contribution in [0.1, 0.15) is 98.8 Å². The number of hydrogen-bond donors (Lipinski definition) is 0. The quantitative estimate of drug-likeness (QED) is 0.526. The summed E-state index contributed by atoms with van der Waals surface area (Å²) >= 11 is 0. The van der Waals surface area contributed by atoms with Gasteiger partial charge in [-0.2, -0.15) is 0 Å². The molecule has 0 saturated heterocycles. The molecule has 0 aromatic carbocycles. The Hall–Kier alpha value is -0.860. The van der Waals surface area contributed by atoms with Crippen molar-refractivity contribution in [2.45, 2.75) is 105 Å². The lowest BCUT2D eigenvalue weighted by Gasteiger charge is -2.60. The highest BCUT2D eigenvalue weighted by Crippen LogP contribution is 2.67. The van der Waals surface area contributed by atoms with E-state index >= 15 is 0 Å². The first-order valence-corrected chi connectivity index (χ1v) is 12.4. The van der Waals surface area contributed by atoms with Crippen LogP contribution in [0, 0.1) is 46.3 Å². The third-order valence-electron chi connectivity index (χ3n) is 10.3. The molecule has 0 bridgehead atoms. The van der Waals surface area contributed by atoms with Gasteiger partial charge in [0.2, 0.25) is 0 Å². The van der Waals surface area contributed by atoms with Gasteiger partial charge in [-0.25, -0.2) is 0 Å². The Bertz CT molecular complexity index is 656. The Morgan fingerprint density at radius 1 is 1.14 bits per heavy atom. The van der Waals surface area contributed by atoms with Gasteiger partial charge in [-0.05, 0) is 85.9 Å². The second kappa shape index (κ2) is 7.68. The van der Waals surface area contributed by atoms with Crippen molar-refractivity contribution in [3.8, 4) is 0 Å². The van der Waals surface area contributed by atoms with Gasteiger partial charge in [0.1, 0.15) is 11.9 Å². The molecule has 4 aliphatic carbocycles. The SMILES string of the molecule is CCC[C@@H](C)C1CC[C@H]2[C@@H]3CC[C@@H]4C[C@H](OC(C)=O)CC[C@]4(C)C3CC(=O)[C@]12C. The number of hydrogen-bond acceptors (Lipinski definition) is 3. The third-order valence-corrected chi connectivity index (χ3v) is 10.3. The Balaban J connectivity index is 1.56. The predicted octanol–water partition coefficient (Wildman–Crippen LogP) is 6.19. The zero-order chi connectivity index (χ0) is 21.0. The summed E-state index contributed by atoms with van der Waals surface area (Å²) in [5.74, 6) is 4.17. The fourth-order valence-electron chi connectivity index (χ4n) is 8.87. The van der Waals surface area contributed by atoms with Crippen LogP contribution in [0.15, 0.2) is 0 Å². The first-order valence-electron chi connectivity index (χ1n) is 12.4. The molecule has 4 aliphatic rings. The monoisotopic (exact) mass is 402 g/mol. The highest BCUT2D eigenvalue weighted by atomic mass is 16.5. The molecule has 0 spiro atoms. The van der Waals surface area contributed by atoms with Gasteiger partial charge in [0.05, 0.1) is 0 Å². The lowest BCUT2D eigenvalue weighted by molar-refractivity contribution is -0.167. The molecule has 0 heterocycles. The van der Waals surface area contributed by atoms with Gasteiger partial charge < -0.3 is 4.74 Å². The van der Waals surface area contributed by atoms with Crippen LogP contribution in [0.2, 0.25) is 0 Å². The van der Waals surface area contributed by atoms with Crippen molar-refractivity contribution in [3.05, 3.63) is 0 Å². The molecule has 0 amide bonds. The fourth-order valence-corrected chi connectivity index (χ4v) is 8.87. The topological polar surface area (TPSA) is 43.4 Å². The highest BCUT2D eigenvalue weighted by molar-refractivity contribution is 5.87. The van der Waals surface area contributed by atoms with Gasteiger partial charge in [-0.1, -0.05) is 40.5 Å². The van der Waals surface area contributed by atoms with Crippen LogP contribution in [0.5, 0.6) is 0 Å².